The van der Waals surface area contributed by atoms with Gasteiger partial charge in [0.25, 0.3) is 5.91 Å². The molecular weight excluding hydrogens is 324 g/mol. The second kappa shape index (κ2) is 8.23. The van der Waals surface area contributed by atoms with E-state index in [1.807, 2.05) is 6.92 Å². The van der Waals surface area contributed by atoms with E-state index in [9.17, 15) is 4.79 Å². The standard InChI is InChI=1S/C18H22N2O5/c1-11-6-13(16(24-4)10-19-11)18(21)20-9-12-7-14(22-2)17(25-5)15(8-12)23-3/h6-8,10H,9H2,1-5H3,(H,20,21). The van der Waals surface area contributed by atoms with Crippen molar-refractivity contribution in [1.82, 2.24) is 10.3 Å². The molecule has 7 heteroatoms. The Bertz CT molecular complexity index is 736. The zero-order chi connectivity index (χ0) is 18.4. The monoisotopic (exact) mass is 346 g/mol. The molecule has 0 unspecified atom stereocenters. The summed E-state index contributed by atoms with van der Waals surface area (Å²) in [5, 5.41) is 2.86. The van der Waals surface area contributed by atoms with E-state index in [1.54, 1.807) is 39.5 Å². The van der Waals surface area contributed by atoms with Crippen molar-refractivity contribution in [2.45, 2.75) is 13.5 Å². The number of aryl methyl sites for hydroxylation is 1. The Morgan fingerprint density at radius 2 is 1.56 bits per heavy atom. The quantitative estimate of drug-likeness (QED) is 0.829. The average Bonchev–Trinajstić information content (AvgIpc) is 2.64. The van der Waals surface area contributed by atoms with Crippen LogP contribution < -0.4 is 24.3 Å². The number of rotatable bonds is 7. The van der Waals surface area contributed by atoms with Crippen molar-refractivity contribution in [3.8, 4) is 23.0 Å². The van der Waals surface area contributed by atoms with Crippen molar-refractivity contribution in [3.63, 3.8) is 0 Å². The number of hydrogen-bond donors (Lipinski definition) is 1. The highest BCUT2D eigenvalue weighted by Gasteiger charge is 2.16. The Morgan fingerprint density at radius 1 is 0.960 bits per heavy atom. The number of nitrogens with zero attached hydrogens (tertiary/aromatic N) is 1. The second-order valence-corrected chi connectivity index (χ2v) is 5.24. The summed E-state index contributed by atoms with van der Waals surface area (Å²) in [6.45, 7) is 2.11. The van der Waals surface area contributed by atoms with Crippen molar-refractivity contribution < 1.29 is 23.7 Å². The molecule has 0 radical (unpaired) electrons. The van der Waals surface area contributed by atoms with E-state index in [-0.39, 0.29) is 5.91 Å². The summed E-state index contributed by atoms with van der Waals surface area (Å²) >= 11 is 0. The first-order chi connectivity index (χ1) is 12.0. The number of amides is 1. The van der Waals surface area contributed by atoms with E-state index in [4.69, 9.17) is 18.9 Å². The summed E-state index contributed by atoms with van der Waals surface area (Å²) < 4.78 is 21.1. The number of hydrogen-bond acceptors (Lipinski definition) is 6. The fourth-order valence-electron chi connectivity index (χ4n) is 2.40. The summed E-state index contributed by atoms with van der Waals surface area (Å²) in [5.74, 6) is 1.74. The summed E-state index contributed by atoms with van der Waals surface area (Å²) in [5.41, 5.74) is 1.98. The third-order valence-electron chi connectivity index (χ3n) is 3.65. The SMILES string of the molecule is COc1cnc(C)cc1C(=O)NCc1cc(OC)c(OC)c(OC)c1. The van der Waals surface area contributed by atoms with Crippen LogP contribution in [0.15, 0.2) is 24.4 Å². The molecule has 2 rings (SSSR count). The maximum Gasteiger partial charge on any atom is 0.255 e. The minimum atomic E-state index is -0.254. The maximum atomic E-state index is 12.5. The van der Waals surface area contributed by atoms with E-state index in [0.717, 1.165) is 11.3 Å². The van der Waals surface area contributed by atoms with Gasteiger partial charge in [-0.2, -0.15) is 0 Å². The van der Waals surface area contributed by atoms with Crippen LogP contribution in [-0.2, 0) is 6.54 Å². The Labute approximate surface area is 146 Å². The Morgan fingerprint density at radius 3 is 2.08 bits per heavy atom. The maximum absolute atomic E-state index is 12.5. The topological polar surface area (TPSA) is 78.9 Å². The first-order valence-electron chi connectivity index (χ1n) is 7.61. The van der Waals surface area contributed by atoms with Gasteiger partial charge in [0.1, 0.15) is 5.75 Å². The molecule has 2 aromatic rings. The zero-order valence-electron chi connectivity index (χ0n) is 15.0. The Balaban J connectivity index is 2.21. The van der Waals surface area contributed by atoms with Gasteiger partial charge in [0.2, 0.25) is 5.75 Å². The predicted octanol–water partition coefficient (Wildman–Crippen LogP) is 2.35. The summed E-state index contributed by atoms with van der Waals surface area (Å²) in [4.78, 5) is 16.6. The molecule has 0 aliphatic heterocycles. The molecule has 0 atom stereocenters. The normalized spacial score (nSPS) is 10.1. The molecule has 7 nitrogen and oxygen atoms in total. The summed E-state index contributed by atoms with van der Waals surface area (Å²) in [6, 6.07) is 5.26. The molecule has 0 spiro atoms. The molecule has 0 saturated heterocycles. The van der Waals surface area contributed by atoms with Crippen LogP contribution in [0.5, 0.6) is 23.0 Å². The lowest BCUT2D eigenvalue weighted by Gasteiger charge is -2.15. The van der Waals surface area contributed by atoms with Crippen LogP contribution in [-0.4, -0.2) is 39.3 Å². The zero-order valence-corrected chi connectivity index (χ0v) is 15.0. The van der Waals surface area contributed by atoms with Crippen LogP contribution in [0.1, 0.15) is 21.6 Å². The van der Waals surface area contributed by atoms with E-state index < -0.39 is 0 Å². The predicted molar refractivity (Wildman–Crippen MR) is 92.8 cm³/mol. The lowest BCUT2D eigenvalue weighted by molar-refractivity contribution is 0.0947. The molecule has 0 bridgehead atoms. The van der Waals surface area contributed by atoms with Crippen LogP contribution in [0.25, 0.3) is 0 Å². The average molecular weight is 346 g/mol. The van der Waals surface area contributed by atoms with E-state index in [1.165, 1.54) is 13.3 Å². The highest BCUT2D eigenvalue weighted by atomic mass is 16.5. The molecule has 1 aromatic heterocycles. The van der Waals surface area contributed by atoms with Gasteiger partial charge < -0.3 is 24.3 Å². The number of carbonyl (C=O) groups excluding carboxylic acids is 1. The lowest BCUT2D eigenvalue weighted by atomic mass is 10.1. The molecular formula is C18H22N2O5. The first-order valence-corrected chi connectivity index (χ1v) is 7.61. The molecule has 0 saturated carbocycles. The summed E-state index contributed by atoms with van der Waals surface area (Å²) in [6.07, 6.45) is 1.53. The molecule has 1 N–H and O–H groups in total. The van der Waals surface area contributed by atoms with Crippen LogP contribution in [0, 0.1) is 6.92 Å². The molecule has 1 aromatic carbocycles. The highest BCUT2D eigenvalue weighted by Crippen LogP contribution is 2.38. The Hall–Kier alpha value is -2.96. The minimum Gasteiger partial charge on any atom is -0.494 e. The molecule has 0 aliphatic carbocycles. The molecule has 0 aliphatic rings. The largest absolute Gasteiger partial charge is 0.494 e. The van der Waals surface area contributed by atoms with Crippen LogP contribution in [0.4, 0.5) is 0 Å². The number of pyridine rings is 1. The van der Waals surface area contributed by atoms with Crippen LogP contribution >= 0.6 is 0 Å². The molecule has 134 valence electrons. The van der Waals surface area contributed by atoms with Crippen LogP contribution in [0.3, 0.4) is 0 Å². The lowest BCUT2D eigenvalue weighted by Crippen LogP contribution is -2.23. The van der Waals surface area contributed by atoms with Crippen molar-refractivity contribution >= 4 is 5.91 Å². The molecule has 1 heterocycles. The van der Waals surface area contributed by atoms with Crippen molar-refractivity contribution in [1.29, 1.82) is 0 Å². The van der Waals surface area contributed by atoms with Gasteiger partial charge in [0, 0.05) is 12.2 Å². The van der Waals surface area contributed by atoms with Gasteiger partial charge in [0.05, 0.1) is 40.2 Å². The number of benzene rings is 1. The second-order valence-electron chi connectivity index (χ2n) is 5.24. The van der Waals surface area contributed by atoms with E-state index >= 15 is 0 Å². The minimum absolute atomic E-state index is 0.254. The Kier molecular flexibility index (Phi) is 6.05. The number of methoxy groups -OCH3 is 4. The van der Waals surface area contributed by atoms with Crippen molar-refractivity contribution in [2.75, 3.05) is 28.4 Å². The molecule has 25 heavy (non-hydrogen) atoms. The smallest absolute Gasteiger partial charge is 0.255 e. The molecule has 0 fully saturated rings. The fraction of sp³-hybridized carbons (Fsp3) is 0.333. The van der Waals surface area contributed by atoms with Gasteiger partial charge in [-0.1, -0.05) is 0 Å². The third kappa shape index (κ3) is 4.12. The molecule has 1 amide bonds. The number of nitrogens with one attached hydrogen (secondary N) is 1. The van der Waals surface area contributed by atoms with Crippen LogP contribution in [0.2, 0.25) is 0 Å². The van der Waals surface area contributed by atoms with Crippen molar-refractivity contribution in [2.24, 2.45) is 0 Å². The number of ether oxygens (including phenoxy) is 4. The first kappa shape index (κ1) is 18.4. The third-order valence-corrected chi connectivity index (χ3v) is 3.65. The van der Waals surface area contributed by atoms with Gasteiger partial charge in [-0.15, -0.1) is 0 Å². The fourth-order valence-corrected chi connectivity index (χ4v) is 2.40. The van der Waals surface area contributed by atoms with Crippen molar-refractivity contribution in [3.05, 3.63) is 41.2 Å². The van der Waals surface area contributed by atoms with Gasteiger partial charge in [0.15, 0.2) is 11.5 Å². The van der Waals surface area contributed by atoms with Gasteiger partial charge in [-0.25, -0.2) is 0 Å². The highest BCUT2D eigenvalue weighted by molar-refractivity contribution is 5.96. The summed E-state index contributed by atoms with van der Waals surface area (Å²) in [7, 11) is 6.14. The number of carbonyl (C=O) groups is 1. The van der Waals surface area contributed by atoms with E-state index in [2.05, 4.69) is 10.3 Å². The van der Waals surface area contributed by atoms with E-state index in [0.29, 0.717) is 35.1 Å². The van der Waals surface area contributed by atoms with Gasteiger partial charge in [-0.05, 0) is 30.7 Å². The number of aromatic nitrogens is 1. The van der Waals surface area contributed by atoms with Gasteiger partial charge in [-0.3, -0.25) is 9.78 Å². The van der Waals surface area contributed by atoms with Gasteiger partial charge >= 0.3 is 0 Å².